The lowest BCUT2D eigenvalue weighted by Gasteiger charge is -2.23. The molecule has 6 heteroatoms. The Balaban J connectivity index is 2.16. The summed E-state index contributed by atoms with van der Waals surface area (Å²) in [6.07, 6.45) is 1.67. The number of ether oxygens (including phenoxy) is 3. The smallest absolute Gasteiger partial charge is 0.325 e. The number of esters is 1. The maximum absolute atomic E-state index is 11.5. The molecule has 0 aromatic heterocycles. The third-order valence-corrected chi connectivity index (χ3v) is 2.30. The predicted molar refractivity (Wildman–Crippen MR) is 57.5 cm³/mol. The second-order valence-electron chi connectivity index (χ2n) is 3.70. The molecule has 1 saturated heterocycles. The fraction of sp³-hybridized carbons (Fsp3) is 0.900. The Kier molecular flexibility index (Phi) is 6.32. The lowest BCUT2D eigenvalue weighted by atomic mass is 10.1. The van der Waals surface area contributed by atoms with Gasteiger partial charge in [0, 0.05) is 0 Å². The van der Waals surface area contributed by atoms with E-state index >= 15 is 0 Å². The van der Waals surface area contributed by atoms with Crippen molar-refractivity contribution in [3.05, 3.63) is 0 Å². The minimum Gasteiger partial charge on any atom is -0.432 e. The average Bonchev–Trinajstić information content (AvgIpc) is 2.30. The molecule has 1 rings (SSSR count). The van der Waals surface area contributed by atoms with Crippen LogP contribution in [0.2, 0.25) is 0 Å². The van der Waals surface area contributed by atoms with E-state index in [1.54, 1.807) is 0 Å². The summed E-state index contributed by atoms with van der Waals surface area (Å²) in [5.41, 5.74) is 11.0. The van der Waals surface area contributed by atoms with Crippen molar-refractivity contribution in [3.63, 3.8) is 0 Å². The molecule has 94 valence electrons. The van der Waals surface area contributed by atoms with E-state index in [2.05, 4.69) is 0 Å². The van der Waals surface area contributed by atoms with Crippen molar-refractivity contribution in [1.82, 2.24) is 0 Å². The van der Waals surface area contributed by atoms with Crippen molar-refractivity contribution < 1.29 is 19.0 Å². The van der Waals surface area contributed by atoms with Gasteiger partial charge in [-0.3, -0.25) is 4.79 Å². The van der Waals surface area contributed by atoms with Crippen molar-refractivity contribution in [2.45, 2.75) is 31.6 Å². The minimum absolute atomic E-state index is 0.279. The van der Waals surface area contributed by atoms with Crippen LogP contribution in [0.15, 0.2) is 0 Å². The van der Waals surface area contributed by atoms with Gasteiger partial charge in [-0.05, 0) is 19.4 Å². The minimum atomic E-state index is -0.609. The van der Waals surface area contributed by atoms with Crippen LogP contribution in [-0.4, -0.2) is 44.7 Å². The summed E-state index contributed by atoms with van der Waals surface area (Å²) < 4.78 is 15.3. The normalized spacial score (nSPS) is 22.8. The van der Waals surface area contributed by atoms with Crippen molar-refractivity contribution >= 4 is 5.97 Å². The number of hydrogen-bond donors (Lipinski definition) is 2. The standard InChI is InChI=1S/C10H20N2O4/c11-4-2-1-3-8(12)10(13)16-9-7-14-5-6-15-9/h8-9H,1-7,11-12H2/t8-,9?/m0/s1. The second kappa shape index (κ2) is 7.56. The van der Waals surface area contributed by atoms with Crippen molar-refractivity contribution in [2.75, 3.05) is 26.4 Å². The highest BCUT2D eigenvalue weighted by Crippen LogP contribution is 2.06. The van der Waals surface area contributed by atoms with Gasteiger partial charge in [0.15, 0.2) is 0 Å². The molecule has 0 bridgehead atoms. The van der Waals surface area contributed by atoms with Gasteiger partial charge in [-0.25, -0.2) is 0 Å². The van der Waals surface area contributed by atoms with E-state index in [9.17, 15) is 4.79 Å². The van der Waals surface area contributed by atoms with Gasteiger partial charge in [0.05, 0.1) is 13.2 Å². The zero-order valence-corrected chi connectivity index (χ0v) is 9.39. The number of carbonyl (C=O) groups is 1. The van der Waals surface area contributed by atoms with Gasteiger partial charge >= 0.3 is 5.97 Å². The van der Waals surface area contributed by atoms with E-state index in [1.165, 1.54) is 0 Å². The molecule has 1 aliphatic rings. The summed E-state index contributed by atoms with van der Waals surface area (Å²) in [6.45, 7) is 1.87. The van der Waals surface area contributed by atoms with Gasteiger partial charge in [0.25, 0.3) is 0 Å². The molecule has 0 spiro atoms. The fourth-order valence-electron chi connectivity index (χ4n) is 1.38. The van der Waals surface area contributed by atoms with Gasteiger partial charge in [0.1, 0.15) is 12.6 Å². The molecule has 4 N–H and O–H groups in total. The third kappa shape index (κ3) is 4.89. The summed E-state index contributed by atoms with van der Waals surface area (Å²) in [5.74, 6) is -0.437. The number of nitrogens with two attached hydrogens (primary N) is 2. The molecular weight excluding hydrogens is 212 g/mol. The van der Waals surface area contributed by atoms with Crippen molar-refractivity contribution in [2.24, 2.45) is 11.5 Å². The molecule has 0 amide bonds. The van der Waals surface area contributed by atoms with Crippen molar-refractivity contribution in [3.8, 4) is 0 Å². The van der Waals surface area contributed by atoms with Crippen LogP contribution in [-0.2, 0) is 19.0 Å². The topological polar surface area (TPSA) is 96.8 Å². The maximum Gasteiger partial charge on any atom is 0.325 e. The van der Waals surface area contributed by atoms with Crippen molar-refractivity contribution in [1.29, 1.82) is 0 Å². The lowest BCUT2D eigenvalue weighted by molar-refractivity contribution is -0.215. The highest BCUT2D eigenvalue weighted by molar-refractivity contribution is 5.75. The Bertz CT molecular complexity index is 207. The van der Waals surface area contributed by atoms with E-state index < -0.39 is 18.3 Å². The molecule has 0 saturated carbocycles. The Labute approximate surface area is 95.2 Å². The summed E-state index contributed by atoms with van der Waals surface area (Å²) in [7, 11) is 0. The van der Waals surface area contributed by atoms with Crippen LogP contribution in [0.25, 0.3) is 0 Å². The molecule has 16 heavy (non-hydrogen) atoms. The quantitative estimate of drug-likeness (QED) is 0.467. The van der Waals surface area contributed by atoms with E-state index in [0.29, 0.717) is 26.2 Å². The summed E-state index contributed by atoms with van der Waals surface area (Å²) in [6, 6.07) is -0.600. The highest BCUT2D eigenvalue weighted by atomic mass is 16.7. The predicted octanol–water partition coefficient (Wildman–Crippen LogP) is -0.641. The van der Waals surface area contributed by atoms with Crippen LogP contribution in [0.5, 0.6) is 0 Å². The van der Waals surface area contributed by atoms with E-state index in [0.717, 1.165) is 12.8 Å². The van der Waals surface area contributed by atoms with Crippen LogP contribution in [0.3, 0.4) is 0 Å². The van der Waals surface area contributed by atoms with Gasteiger partial charge in [0.2, 0.25) is 6.29 Å². The molecule has 0 radical (unpaired) electrons. The number of rotatable bonds is 6. The third-order valence-electron chi connectivity index (χ3n) is 2.30. The number of hydrogen-bond acceptors (Lipinski definition) is 6. The molecule has 0 aliphatic carbocycles. The van der Waals surface area contributed by atoms with Crippen LogP contribution in [0, 0.1) is 0 Å². The van der Waals surface area contributed by atoms with E-state index in [1.807, 2.05) is 0 Å². The molecule has 2 atom stereocenters. The largest absolute Gasteiger partial charge is 0.432 e. The van der Waals surface area contributed by atoms with Gasteiger partial charge < -0.3 is 25.7 Å². The van der Waals surface area contributed by atoms with E-state index in [-0.39, 0.29) is 6.61 Å². The van der Waals surface area contributed by atoms with Crippen LogP contribution in [0.4, 0.5) is 0 Å². The van der Waals surface area contributed by atoms with Crippen LogP contribution >= 0.6 is 0 Å². The first-order valence-electron chi connectivity index (χ1n) is 5.59. The molecule has 1 fully saturated rings. The Morgan fingerprint density at radius 3 is 2.88 bits per heavy atom. The Morgan fingerprint density at radius 2 is 2.25 bits per heavy atom. The Morgan fingerprint density at radius 1 is 1.44 bits per heavy atom. The molecule has 1 heterocycles. The van der Waals surface area contributed by atoms with Gasteiger partial charge in [-0.1, -0.05) is 6.42 Å². The first kappa shape index (κ1) is 13.4. The SMILES string of the molecule is NCCCC[C@H](N)C(=O)OC1COCCO1. The van der Waals surface area contributed by atoms with Gasteiger partial charge in [-0.15, -0.1) is 0 Å². The summed E-state index contributed by atoms with van der Waals surface area (Å²) >= 11 is 0. The van der Waals surface area contributed by atoms with Gasteiger partial charge in [-0.2, -0.15) is 0 Å². The van der Waals surface area contributed by atoms with E-state index in [4.69, 9.17) is 25.7 Å². The highest BCUT2D eigenvalue weighted by Gasteiger charge is 2.22. The Hall–Kier alpha value is -0.690. The molecular formula is C10H20N2O4. The fourth-order valence-corrected chi connectivity index (χ4v) is 1.38. The second-order valence-corrected chi connectivity index (χ2v) is 3.70. The zero-order chi connectivity index (χ0) is 11.8. The maximum atomic E-state index is 11.5. The van der Waals surface area contributed by atoms with Crippen LogP contribution in [0.1, 0.15) is 19.3 Å². The zero-order valence-electron chi connectivity index (χ0n) is 9.39. The first-order chi connectivity index (χ1) is 7.74. The molecule has 1 aliphatic heterocycles. The lowest BCUT2D eigenvalue weighted by Crippen LogP contribution is -2.39. The molecule has 0 aromatic rings. The summed E-state index contributed by atoms with van der Waals surface area (Å²) in [4.78, 5) is 11.5. The number of carbonyl (C=O) groups excluding carboxylic acids is 1. The molecule has 0 aromatic carbocycles. The first-order valence-corrected chi connectivity index (χ1v) is 5.59. The molecule has 1 unspecified atom stereocenters. The summed E-state index contributed by atoms with van der Waals surface area (Å²) in [5, 5.41) is 0. The monoisotopic (exact) mass is 232 g/mol. The number of unbranched alkanes of at least 4 members (excludes halogenated alkanes) is 1. The molecule has 6 nitrogen and oxygen atoms in total. The van der Waals surface area contributed by atoms with Crippen LogP contribution < -0.4 is 11.5 Å². The average molecular weight is 232 g/mol.